The second kappa shape index (κ2) is 13.8. The van der Waals surface area contributed by atoms with Gasteiger partial charge in [0.15, 0.2) is 0 Å². The van der Waals surface area contributed by atoms with Crippen molar-refractivity contribution in [1.29, 1.82) is 0 Å². The Hall–Kier alpha value is -7.00. The Bertz CT molecular complexity index is 3420. The van der Waals surface area contributed by atoms with Gasteiger partial charge in [0.05, 0.1) is 11.4 Å². The molecule has 0 fully saturated rings. The SMILES string of the molecule is CC1(C)c2ccccc2-c2c(-c3ccccc3N(c3ccc(-c4cccc5c4sc4ccccc45)cc3)c3ccccc3-c3cccc4c3C(C)(C)c3ccccc3-4)cccc21. The first-order chi connectivity index (χ1) is 30.3. The summed E-state index contributed by atoms with van der Waals surface area (Å²) in [5.41, 5.74) is 21.4. The first-order valence-corrected chi connectivity index (χ1v) is 22.6. The molecule has 296 valence electrons. The van der Waals surface area contributed by atoms with Crippen molar-refractivity contribution in [2.24, 2.45) is 0 Å². The Morgan fingerprint density at radius 3 is 1.58 bits per heavy atom. The van der Waals surface area contributed by atoms with E-state index in [2.05, 4.69) is 233 Å². The van der Waals surface area contributed by atoms with Crippen molar-refractivity contribution in [3.8, 4) is 55.6 Å². The summed E-state index contributed by atoms with van der Waals surface area (Å²) in [7, 11) is 0. The molecule has 2 heteroatoms. The molecule has 0 spiro atoms. The summed E-state index contributed by atoms with van der Waals surface area (Å²) in [4.78, 5) is 2.52. The van der Waals surface area contributed by atoms with Crippen molar-refractivity contribution in [2.45, 2.75) is 38.5 Å². The van der Waals surface area contributed by atoms with Crippen LogP contribution in [0.2, 0.25) is 0 Å². The van der Waals surface area contributed by atoms with E-state index in [1.165, 1.54) is 98.1 Å². The molecule has 0 amide bonds. The van der Waals surface area contributed by atoms with Gasteiger partial charge in [0.2, 0.25) is 0 Å². The van der Waals surface area contributed by atoms with Crippen LogP contribution in [0.15, 0.2) is 200 Å². The van der Waals surface area contributed by atoms with Gasteiger partial charge in [-0.1, -0.05) is 198 Å². The van der Waals surface area contributed by atoms with Crippen molar-refractivity contribution >= 4 is 48.6 Å². The van der Waals surface area contributed by atoms with E-state index in [-0.39, 0.29) is 10.8 Å². The van der Waals surface area contributed by atoms with E-state index >= 15 is 0 Å². The van der Waals surface area contributed by atoms with Crippen LogP contribution in [-0.2, 0) is 10.8 Å². The third-order valence-corrected chi connectivity index (χ3v) is 15.1. The van der Waals surface area contributed by atoms with Gasteiger partial charge in [0.25, 0.3) is 0 Å². The molecule has 2 aliphatic rings. The predicted octanol–water partition coefficient (Wildman–Crippen LogP) is 17.1. The first-order valence-electron chi connectivity index (χ1n) is 21.8. The van der Waals surface area contributed by atoms with E-state index in [1.807, 2.05) is 11.3 Å². The molecule has 12 rings (SSSR count). The standard InChI is InChI=1S/C60H45NS/c1-59(2)51-29-11-6-22-49(51)56-45(24-17-30-52(56)59)42-19-7-12-31-53(42)61(39-36-34-38(35-37-39)40-23-15-27-48-44-21-9-14-33-55(44)62-58(40)48)54-32-13-8-20-43(54)47-26-16-25-46-41-18-5-10-28-50(41)60(3,4)57(46)47/h5-37H,1-4H3. The Morgan fingerprint density at radius 2 is 0.839 bits per heavy atom. The van der Waals surface area contributed by atoms with E-state index in [9.17, 15) is 0 Å². The molecule has 1 heterocycles. The number of fused-ring (bicyclic) bond motifs is 9. The zero-order valence-corrected chi connectivity index (χ0v) is 36.2. The Kier molecular flexibility index (Phi) is 8.17. The van der Waals surface area contributed by atoms with Gasteiger partial charge in [0.1, 0.15) is 0 Å². The molecule has 0 saturated carbocycles. The van der Waals surface area contributed by atoms with Gasteiger partial charge in [-0.15, -0.1) is 11.3 Å². The number of anilines is 3. The lowest BCUT2D eigenvalue weighted by Gasteiger charge is -2.32. The number of nitrogens with zero attached hydrogens (tertiary/aromatic N) is 1. The van der Waals surface area contributed by atoms with Gasteiger partial charge >= 0.3 is 0 Å². The molecule has 0 bridgehead atoms. The fourth-order valence-corrected chi connectivity index (χ4v) is 12.3. The number of rotatable bonds is 6. The van der Waals surface area contributed by atoms with Crippen LogP contribution in [-0.4, -0.2) is 0 Å². The minimum atomic E-state index is -0.168. The van der Waals surface area contributed by atoms with Crippen molar-refractivity contribution in [2.75, 3.05) is 4.90 Å². The van der Waals surface area contributed by atoms with Gasteiger partial charge in [-0.05, 0) is 97.1 Å². The van der Waals surface area contributed by atoms with E-state index < -0.39 is 0 Å². The van der Waals surface area contributed by atoms with Crippen molar-refractivity contribution in [1.82, 2.24) is 0 Å². The number of benzene rings is 9. The summed E-state index contributed by atoms with van der Waals surface area (Å²) < 4.78 is 2.65. The number of para-hydroxylation sites is 2. The van der Waals surface area contributed by atoms with E-state index in [0.29, 0.717) is 0 Å². The zero-order valence-electron chi connectivity index (χ0n) is 35.4. The minimum Gasteiger partial charge on any atom is -0.309 e. The summed E-state index contributed by atoms with van der Waals surface area (Å²) in [6.45, 7) is 9.52. The smallest absolute Gasteiger partial charge is 0.0540 e. The summed E-state index contributed by atoms with van der Waals surface area (Å²) in [6, 6.07) is 74.7. The summed E-state index contributed by atoms with van der Waals surface area (Å²) >= 11 is 1.89. The van der Waals surface area contributed by atoms with Gasteiger partial charge in [-0.25, -0.2) is 0 Å². The van der Waals surface area contributed by atoms with Crippen LogP contribution in [0.4, 0.5) is 17.1 Å². The lowest BCUT2D eigenvalue weighted by molar-refractivity contribution is 0.660. The third-order valence-electron chi connectivity index (χ3n) is 13.9. The maximum absolute atomic E-state index is 2.52. The Morgan fingerprint density at radius 1 is 0.355 bits per heavy atom. The van der Waals surface area contributed by atoms with E-state index in [0.717, 1.165) is 17.1 Å². The molecule has 1 aromatic heterocycles. The summed E-state index contributed by atoms with van der Waals surface area (Å²) in [5, 5.41) is 2.64. The molecular formula is C60H45NS. The predicted molar refractivity (Wildman–Crippen MR) is 265 cm³/mol. The van der Waals surface area contributed by atoms with Crippen molar-refractivity contribution in [3.05, 3.63) is 222 Å². The fourth-order valence-electron chi connectivity index (χ4n) is 11.0. The lowest BCUT2D eigenvalue weighted by Crippen LogP contribution is -2.17. The van der Waals surface area contributed by atoms with Crippen LogP contribution in [0, 0.1) is 0 Å². The van der Waals surface area contributed by atoms with Gasteiger partial charge < -0.3 is 4.90 Å². The Labute approximate surface area is 368 Å². The number of thiophene rings is 1. The highest BCUT2D eigenvalue weighted by molar-refractivity contribution is 7.26. The molecule has 0 aliphatic heterocycles. The second-order valence-electron chi connectivity index (χ2n) is 18.0. The quantitative estimate of drug-likeness (QED) is 0.162. The second-order valence-corrected chi connectivity index (χ2v) is 19.0. The molecule has 0 radical (unpaired) electrons. The molecule has 0 atom stereocenters. The monoisotopic (exact) mass is 811 g/mol. The topological polar surface area (TPSA) is 3.24 Å². The van der Waals surface area contributed by atoms with Crippen LogP contribution in [0.5, 0.6) is 0 Å². The first kappa shape index (κ1) is 36.8. The minimum absolute atomic E-state index is 0.103. The largest absolute Gasteiger partial charge is 0.309 e. The Balaban J connectivity index is 1.09. The van der Waals surface area contributed by atoms with E-state index in [1.54, 1.807) is 0 Å². The maximum atomic E-state index is 2.52. The molecule has 1 nitrogen and oxygen atoms in total. The highest BCUT2D eigenvalue weighted by atomic mass is 32.1. The maximum Gasteiger partial charge on any atom is 0.0540 e. The molecule has 10 aromatic rings. The fraction of sp³-hybridized carbons (Fsp3) is 0.100. The van der Waals surface area contributed by atoms with Crippen LogP contribution < -0.4 is 4.90 Å². The molecule has 0 saturated heterocycles. The molecule has 0 unspecified atom stereocenters. The average molecular weight is 812 g/mol. The van der Waals surface area contributed by atoms with Gasteiger partial charge in [-0.3, -0.25) is 0 Å². The lowest BCUT2D eigenvalue weighted by atomic mass is 9.78. The van der Waals surface area contributed by atoms with Gasteiger partial charge in [0, 0.05) is 47.8 Å². The van der Waals surface area contributed by atoms with Crippen LogP contribution in [0.1, 0.15) is 49.9 Å². The van der Waals surface area contributed by atoms with Gasteiger partial charge in [-0.2, -0.15) is 0 Å². The summed E-state index contributed by atoms with van der Waals surface area (Å²) in [5.74, 6) is 0. The number of hydrogen-bond donors (Lipinski definition) is 0. The van der Waals surface area contributed by atoms with E-state index in [4.69, 9.17) is 0 Å². The van der Waals surface area contributed by atoms with Crippen molar-refractivity contribution in [3.63, 3.8) is 0 Å². The molecule has 0 N–H and O–H groups in total. The number of hydrogen-bond acceptors (Lipinski definition) is 2. The molecule has 9 aromatic carbocycles. The highest BCUT2D eigenvalue weighted by Gasteiger charge is 2.39. The highest BCUT2D eigenvalue weighted by Crippen LogP contribution is 2.56. The van der Waals surface area contributed by atoms with Crippen molar-refractivity contribution < 1.29 is 0 Å². The summed E-state index contributed by atoms with van der Waals surface area (Å²) in [6.07, 6.45) is 0. The van der Waals surface area contributed by atoms with Crippen LogP contribution in [0.3, 0.4) is 0 Å². The average Bonchev–Trinajstić information content (AvgIpc) is 3.90. The van der Waals surface area contributed by atoms with Crippen LogP contribution in [0.25, 0.3) is 75.8 Å². The molecule has 62 heavy (non-hydrogen) atoms. The molecule has 2 aliphatic carbocycles. The normalized spacial score (nSPS) is 14.1. The zero-order chi connectivity index (χ0) is 41.7. The molecular weight excluding hydrogens is 767 g/mol. The third kappa shape index (κ3) is 5.33. The van der Waals surface area contributed by atoms with Crippen LogP contribution >= 0.6 is 11.3 Å².